The van der Waals surface area contributed by atoms with Crippen LogP contribution in [-0.4, -0.2) is 23.5 Å². The van der Waals surface area contributed by atoms with Crippen LogP contribution in [0.3, 0.4) is 0 Å². The Balaban J connectivity index is 2.33. The summed E-state index contributed by atoms with van der Waals surface area (Å²) in [4.78, 5) is 20.3. The quantitative estimate of drug-likeness (QED) is 0.282. The van der Waals surface area contributed by atoms with Gasteiger partial charge in [-0.25, -0.2) is 0 Å². The van der Waals surface area contributed by atoms with Gasteiger partial charge in [-0.05, 0) is 6.08 Å². The molecule has 1 rings (SSSR count). The van der Waals surface area contributed by atoms with Gasteiger partial charge in [0.25, 0.3) is 0 Å². The summed E-state index contributed by atoms with van der Waals surface area (Å²) in [6, 6.07) is 0. The normalized spacial score (nSPS) is 25.9. The zero-order chi connectivity index (χ0) is 9.84. The second kappa shape index (κ2) is 4.02. The van der Waals surface area contributed by atoms with Crippen LogP contribution in [0.1, 0.15) is 13.3 Å². The Morgan fingerprint density at radius 2 is 2.38 bits per heavy atom. The first-order valence-corrected chi connectivity index (χ1v) is 4.05. The molecule has 72 valence electrons. The summed E-state index contributed by atoms with van der Waals surface area (Å²) in [5.74, 6) is -0.448. The molecule has 0 aliphatic heterocycles. The fourth-order valence-electron chi connectivity index (χ4n) is 1.36. The third kappa shape index (κ3) is 3.23. The third-order valence-electron chi connectivity index (χ3n) is 1.83. The van der Waals surface area contributed by atoms with Crippen molar-refractivity contribution in [3.05, 3.63) is 22.3 Å². The average Bonchev–Trinajstić information content (AvgIpc) is 2.33. The molecule has 1 aliphatic rings. The average molecular weight is 185 g/mol. The number of carbonyl (C=O) groups is 1. The number of carbonyl (C=O) groups excluding carboxylic acids is 1. The zero-order valence-electron chi connectivity index (χ0n) is 7.30. The number of nitrogens with zero attached hydrogens (tertiary/aromatic N) is 1. The minimum atomic E-state index is -0.356. The molecule has 5 nitrogen and oxygen atoms in total. The highest BCUT2D eigenvalue weighted by atomic mass is 16.6. The van der Waals surface area contributed by atoms with E-state index in [2.05, 4.69) is 0 Å². The maximum Gasteiger partial charge on any atom is 0.303 e. The van der Waals surface area contributed by atoms with Crippen LogP contribution in [-0.2, 0) is 9.53 Å². The van der Waals surface area contributed by atoms with E-state index in [4.69, 9.17) is 4.74 Å². The Kier molecular flexibility index (Phi) is 3.00. The van der Waals surface area contributed by atoms with Gasteiger partial charge in [0, 0.05) is 24.2 Å². The molecule has 1 aliphatic carbocycles. The number of hydrogen-bond acceptors (Lipinski definition) is 4. The van der Waals surface area contributed by atoms with E-state index in [0.717, 1.165) is 0 Å². The van der Waals surface area contributed by atoms with E-state index in [1.165, 1.54) is 6.92 Å². The predicted octanol–water partition coefficient (Wildman–Crippen LogP) is 0.771. The lowest BCUT2D eigenvalue weighted by atomic mass is 10.1. The topological polar surface area (TPSA) is 69.4 Å². The van der Waals surface area contributed by atoms with Crippen LogP contribution in [0.15, 0.2) is 12.2 Å². The van der Waals surface area contributed by atoms with Crippen molar-refractivity contribution in [2.75, 3.05) is 6.54 Å². The molecule has 0 aromatic carbocycles. The number of esters is 1. The number of ether oxygens (including phenoxy) is 1. The Bertz CT molecular complexity index is 225. The van der Waals surface area contributed by atoms with E-state index >= 15 is 0 Å². The molecule has 0 radical (unpaired) electrons. The van der Waals surface area contributed by atoms with E-state index in [0.29, 0.717) is 6.42 Å². The molecule has 5 heteroatoms. The van der Waals surface area contributed by atoms with E-state index in [9.17, 15) is 14.9 Å². The summed E-state index contributed by atoms with van der Waals surface area (Å²) in [7, 11) is 0. The molecule has 0 spiro atoms. The monoisotopic (exact) mass is 185 g/mol. The Morgan fingerprint density at radius 3 is 2.92 bits per heavy atom. The molecule has 2 unspecified atom stereocenters. The zero-order valence-corrected chi connectivity index (χ0v) is 7.30. The Labute approximate surface area is 75.5 Å². The maximum atomic E-state index is 10.5. The van der Waals surface area contributed by atoms with Crippen LogP contribution >= 0.6 is 0 Å². The lowest BCUT2D eigenvalue weighted by Crippen LogP contribution is -2.16. The second-order valence-electron chi connectivity index (χ2n) is 3.04. The Morgan fingerprint density at radius 1 is 1.69 bits per heavy atom. The van der Waals surface area contributed by atoms with Gasteiger partial charge in [-0.3, -0.25) is 14.9 Å². The Hall–Kier alpha value is -1.39. The van der Waals surface area contributed by atoms with Gasteiger partial charge in [0.1, 0.15) is 6.10 Å². The molecule has 13 heavy (non-hydrogen) atoms. The van der Waals surface area contributed by atoms with Gasteiger partial charge in [-0.15, -0.1) is 0 Å². The molecule has 0 fully saturated rings. The van der Waals surface area contributed by atoms with Gasteiger partial charge in [0.05, 0.1) is 0 Å². The van der Waals surface area contributed by atoms with Gasteiger partial charge in [0.2, 0.25) is 6.54 Å². The summed E-state index contributed by atoms with van der Waals surface area (Å²) >= 11 is 0. The van der Waals surface area contributed by atoms with Crippen LogP contribution in [0.25, 0.3) is 0 Å². The van der Waals surface area contributed by atoms with E-state index in [1.54, 1.807) is 12.2 Å². The first-order chi connectivity index (χ1) is 6.08. The van der Waals surface area contributed by atoms with Gasteiger partial charge in [-0.2, -0.15) is 0 Å². The van der Waals surface area contributed by atoms with Gasteiger partial charge >= 0.3 is 5.97 Å². The van der Waals surface area contributed by atoms with Crippen LogP contribution in [0.5, 0.6) is 0 Å². The minimum absolute atomic E-state index is 0.0890. The lowest BCUT2D eigenvalue weighted by Gasteiger charge is -2.08. The minimum Gasteiger partial charge on any atom is -0.458 e. The molecule has 0 heterocycles. The van der Waals surface area contributed by atoms with Crippen molar-refractivity contribution in [2.24, 2.45) is 5.92 Å². The largest absolute Gasteiger partial charge is 0.458 e. The second-order valence-corrected chi connectivity index (χ2v) is 3.04. The van der Waals surface area contributed by atoms with Gasteiger partial charge in [-0.1, -0.05) is 6.08 Å². The molecule has 0 amide bonds. The van der Waals surface area contributed by atoms with Crippen LogP contribution in [0.4, 0.5) is 0 Å². The fraction of sp³-hybridized carbons (Fsp3) is 0.625. The smallest absolute Gasteiger partial charge is 0.303 e. The van der Waals surface area contributed by atoms with Crippen LogP contribution in [0.2, 0.25) is 0 Å². The maximum absolute atomic E-state index is 10.5. The van der Waals surface area contributed by atoms with Gasteiger partial charge in [0.15, 0.2) is 0 Å². The van der Waals surface area contributed by atoms with E-state index < -0.39 is 0 Å². The SMILES string of the molecule is CC(=O)OC1C=CC(C[N+](=O)[O-])C1. The molecular formula is C8H11NO4. The highest BCUT2D eigenvalue weighted by molar-refractivity contribution is 5.66. The first-order valence-electron chi connectivity index (χ1n) is 4.05. The van der Waals surface area contributed by atoms with Crippen molar-refractivity contribution in [2.45, 2.75) is 19.4 Å². The molecule has 0 saturated carbocycles. The van der Waals surface area contributed by atoms with Crippen molar-refractivity contribution in [1.29, 1.82) is 0 Å². The molecular weight excluding hydrogens is 174 g/mol. The summed E-state index contributed by atoms with van der Waals surface area (Å²) in [5.41, 5.74) is 0. The van der Waals surface area contributed by atoms with Crippen molar-refractivity contribution in [3.63, 3.8) is 0 Å². The standard InChI is InChI=1S/C8H11NO4/c1-6(10)13-8-3-2-7(4-8)5-9(11)12/h2-3,7-8H,4-5H2,1H3. The molecule has 0 saturated heterocycles. The lowest BCUT2D eigenvalue weighted by molar-refractivity contribution is -0.486. The highest BCUT2D eigenvalue weighted by Crippen LogP contribution is 2.20. The molecule has 0 aromatic heterocycles. The number of hydrogen-bond donors (Lipinski definition) is 0. The number of rotatable bonds is 3. The van der Waals surface area contributed by atoms with E-state index in [1.807, 2.05) is 0 Å². The van der Waals surface area contributed by atoms with E-state index in [-0.39, 0.29) is 29.5 Å². The van der Waals surface area contributed by atoms with Crippen LogP contribution < -0.4 is 0 Å². The third-order valence-corrected chi connectivity index (χ3v) is 1.83. The summed E-state index contributed by atoms with van der Waals surface area (Å²) in [6.45, 7) is 1.24. The van der Waals surface area contributed by atoms with Gasteiger partial charge < -0.3 is 4.74 Å². The first kappa shape index (κ1) is 9.70. The number of nitro groups is 1. The summed E-state index contributed by atoms with van der Waals surface area (Å²) in [5, 5.41) is 10.1. The molecule has 2 atom stereocenters. The fourth-order valence-corrected chi connectivity index (χ4v) is 1.36. The van der Waals surface area contributed by atoms with Crippen molar-refractivity contribution < 1.29 is 14.5 Å². The van der Waals surface area contributed by atoms with Crippen molar-refractivity contribution >= 4 is 5.97 Å². The molecule has 0 N–H and O–H groups in total. The molecule has 0 bridgehead atoms. The highest BCUT2D eigenvalue weighted by Gasteiger charge is 2.24. The predicted molar refractivity (Wildman–Crippen MR) is 44.7 cm³/mol. The van der Waals surface area contributed by atoms with Crippen molar-refractivity contribution in [3.8, 4) is 0 Å². The van der Waals surface area contributed by atoms with Crippen molar-refractivity contribution in [1.82, 2.24) is 0 Å². The summed E-state index contributed by atoms with van der Waals surface area (Å²) in [6.07, 6.45) is 3.69. The molecule has 0 aromatic rings. The van der Waals surface area contributed by atoms with Crippen LogP contribution in [0, 0.1) is 16.0 Å². The summed E-state index contributed by atoms with van der Waals surface area (Å²) < 4.78 is 4.87.